The summed E-state index contributed by atoms with van der Waals surface area (Å²) in [5, 5.41) is 5.12. The van der Waals surface area contributed by atoms with Gasteiger partial charge in [-0.2, -0.15) is 0 Å². The summed E-state index contributed by atoms with van der Waals surface area (Å²) in [6.07, 6.45) is 0. The van der Waals surface area contributed by atoms with Gasteiger partial charge >= 0.3 is 0 Å². The second-order valence-corrected chi connectivity index (χ2v) is 6.45. The van der Waals surface area contributed by atoms with E-state index in [0.717, 1.165) is 19.7 Å². The Morgan fingerprint density at radius 2 is 1.47 bits per heavy atom. The zero-order chi connectivity index (χ0) is 14.0. The van der Waals surface area contributed by atoms with Crippen LogP contribution in [0.4, 0.5) is 0 Å². The van der Waals surface area contributed by atoms with Crippen molar-refractivity contribution in [3.8, 4) is 0 Å². The molecule has 1 atom stereocenters. The summed E-state index contributed by atoms with van der Waals surface area (Å²) in [5.74, 6) is 0. The quantitative estimate of drug-likeness (QED) is 0.634. The van der Waals surface area contributed by atoms with E-state index < -0.39 is 0 Å². The molecule has 0 saturated heterocycles. The molecule has 0 aliphatic carbocycles. The van der Waals surface area contributed by atoms with Crippen LogP contribution in [0.3, 0.4) is 0 Å². The van der Waals surface area contributed by atoms with Crippen LogP contribution in [0.25, 0.3) is 0 Å². The van der Waals surface area contributed by atoms with E-state index in [1.54, 1.807) is 6.07 Å². The van der Waals surface area contributed by atoms with Crippen molar-refractivity contribution in [2.24, 2.45) is 0 Å². The summed E-state index contributed by atoms with van der Waals surface area (Å²) < 4.78 is 1.03. The van der Waals surface area contributed by atoms with Crippen LogP contribution < -0.4 is 5.32 Å². The van der Waals surface area contributed by atoms with Crippen molar-refractivity contribution in [3.05, 3.63) is 66.2 Å². The molecular formula is C14H11Cl3IN. The van der Waals surface area contributed by atoms with Gasteiger partial charge < -0.3 is 5.32 Å². The van der Waals surface area contributed by atoms with E-state index in [1.165, 1.54) is 0 Å². The van der Waals surface area contributed by atoms with Crippen molar-refractivity contribution in [2.45, 2.75) is 6.04 Å². The molecule has 2 rings (SSSR count). The Balaban J connectivity index is 2.43. The zero-order valence-electron chi connectivity index (χ0n) is 10.1. The Bertz CT molecular complexity index is 550. The first-order chi connectivity index (χ1) is 9.02. The SMILES string of the molecule is CNC(c1ccc(Cl)c(Cl)c1)c1ccc(I)c(Cl)c1. The number of halogens is 4. The van der Waals surface area contributed by atoms with Crippen molar-refractivity contribution in [1.82, 2.24) is 5.32 Å². The fraction of sp³-hybridized carbons (Fsp3) is 0.143. The summed E-state index contributed by atoms with van der Waals surface area (Å²) in [6.45, 7) is 0. The fourth-order valence-corrected chi connectivity index (χ4v) is 2.74. The molecule has 1 unspecified atom stereocenters. The van der Waals surface area contributed by atoms with Crippen molar-refractivity contribution < 1.29 is 0 Å². The highest BCUT2D eigenvalue weighted by molar-refractivity contribution is 14.1. The minimum atomic E-state index is 0.0317. The van der Waals surface area contributed by atoms with Crippen molar-refractivity contribution in [3.63, 3.8) is 0 Å². The highest BCUT2D eigenvalue weighted by Gasteiger charge is 2.14. The first-order valence-electron chi connectivity index (χ1n) is 5.60. The molecule has 0 amide bonds. The molecule has 19 heavy (non-hydrogen) atoms. The predicted molar refractivity (Wildman–Crippen MR) is 91.5 cm³/mol. The summed E-state index contributed by atoms with van der Waals surface area (Å²) in [6, 6.07) is 11.7. The minimum Gasteiger partial charge on any atom is -0.309 e. The van der Waals surface area contributed by atoms with E-state index in [9.17, 15) is 0 Å². The molecule has 100 valence electrons. The highest BCUT2D eigenvalue weighted by Crippen LogP contribution is 2.30. The average molecular weight is 427 g/mol. The van der Waals surface area contributed by atoms with Crippen LogP contribution in [0.5, 0.6) is 0 Å². The topological polar surface area (TPSA) is 12.0 Å². The lowest BCUT2D eigenvalue weighted by atomic mass is 9.99. The Morgan fingerprint density at radius 3 is 2.00 bits per heavy atom. The van der Waals surface area contributed by atoms with Crippen LogP contribution in [0, 0.1) is 3.57 Å². The van der Waals surface area contributed by atoms with Gasteiger partial charge in [-0.3, -0.25) is 0 Å². The number of nitrogens with one attached hydrogen (secondary N) is 1. The van der Waals surface area contributed by atoms with Crippen LogP contribution in [0.2, 0.25) is 15.1 Å². The average Bonchev–Trinajstić information content (AvgIpc) is 2.39. The summed E-state index contributed by atoms with van der Waals surface area (Å²) in [7, 11) is 1.90. The highest BCUT2D eigenvalue weighted by atomic mass is 127. The van der Waals surface area contributed by atoms with Crippen LogP contribution in [-0.4, -0.2) is 7.05 Å². The third kappa shape index (κ3) is 3.56. The maximum Gasteiger partial charge on any atom is 0.0595 e. The van der Waals surface area contributed by atoms with E-state index in [2.05, 4.69) is 34.0 Å². The van der Waals surface area contributed by atoms with Gasteiger partial charge in [-0.1, -0.05) is 46.9 Å². The lowest BCUT2D eigenvalue weighted by Crippen LogP contribution is -2.17. The van der Waals surface area contributed by atoms with Gasteiger partial charge in [0.25, 0.3) is 0 Å². The van der Waals surface area contributed by atoms with Crippen LogP contribution >= 0.6 is 57.4 Å². The van der Waals surface area contributed by atoms with Gasteiger partial charge in [-0.15, -0.1) is 0 Å². The molecule has 1 nitrogen and oxygen atoms in total. The van der Waals surface area contributed by atoms with Gasteiger partial charge in [0, 0.05) is 3.57 Å². The van der Waals surface area contributed by atoms with Crippen LogP contribution in [0.1, 0.15) is 17.2 Å². The van der Waals surface area contributed by atoms with Gasteiger partial charge in [-0.05, 0) is 65.0 Å². The van der Waals surface area contributed by atoms with Crippen molar-refractivity contribution >= 4 is 57.4 Å². The molecule has 0 bridgehead atoms. The Hall–Kier alpha value is -0.000000000000000167. The largest absolute Gasteiger partial charge is 0.309 e. The first kappa shape index (κ1) is 15.4. The second kappa shape index (κ2) is 6.64. The molecule has 2 aromatic rings. The van der Waals surface area contributed by atoms with E-state index in [1.807, 2.05) is 31.3 Å². The minimum absolute atomic E-state index is 0.0317. The standard InChI is InChI=1S/C14H11Cl3IN/c1-19-14(8-2-4-10(15)11(16)6-8)9-3-5-13(18)12(17)7-9/h2-7,14,19H,1H3. The van der Waals surface area contributed by atoms with E-state index in [0.29, 0.717) is 10.0 Å². The fourth-order valence-electron chi connectivity index (χ4n) is 1.91. The molecule has 0 radical (unpaired) electrons. The van der Waals surface area contributed by atoms with Crippen molar-refractivity contribution in [1.29, 1.82) is 0 Å². The van der Waals surface area contributed by atoms with Gasteiger partial charge in [0.15, 0.2) is 0 Å². The van der Waals surface area contributed by atoms with Crippen molar-refractivity contribution in [2.75, 3.05) is 7.05 Å². The van der Waals surface area contributed by atoms with Gasteiger partial charge in [0.2, 0.25) is 0 Å². The van der Waals surface area contributed by atoms with E-state index in [4.69, 9.17) is 34.8 Å². The number of benzene rings is 2. The van der Waals surface area contributed by atoms with Gasteiger partial charge in [0.1, 0.15) is 0 Å². The molecule has 0 fully saturated rings. The predicted octanol–water partition coefficient (Wildman–Crippen LogP) is 5.56. The van der Waals surface area contributed by atoms with Crippen LogP contribution in [0.15, 0.2) is 36.4 Å². The smallest absolute Gasteiger partial charge is 0.0595 e. The third-order valence-corrected chi connectivity index (χ3v) is 5.15. The molecule has 0 aliphatic heterocycles. The van der Waals surface area contributed by atoms with Gasteiger partial charge in [-0.25, -0.2) is 0 Å². The normalized spacial score (nSPS) is 12.5. The molecule has 2 aromatic carbocycles. The zero-order valence-corrected chi connectivity index (χ0v) is 14.5. The number of rotatable bonds is 3. The second-order valence-electron chi connectivity index (χ2n) is 4.07. The number of hydrogen-bond donors (Lipinski definition) is 1. The summed E-state index contributed by atoms with van der Waals surface area (Å²) >= 11 is 20.4. The summed E-state index contributed by atoms with van der Waals surface area (Å²) in [5.41, 5.74) is 2.14. The molecular weight excluding hydrogens is 415 g/mol. The molecule has 0 heterocycles. The number of hydrogen-bond acceptors (Lipinski definition) is 1. The van der Waals surface area contributed by atoms with Gasteiger partial charge in [0.05, 0.1) is 21.1 Å². The molecule has 0 saturated carbocycles. The Kier molecular flexibility index (Phi) is 5.37. The molecule has 0 aromatic heterocycles. The first-order valence-corrected chi connectivity index (χ1v) is 7.81. The maximum atomic E-state index is 6.18. The Labute approximate surface area is 141 Å². The van der Waals surface area contributed by atoms with E-state index in [-0.39, 0.29) is 6.04 Å². The maximum absolute atomic E-state index is 6.18. The van der Waals surface area contributed by atoms with E-state index >= 15 is 0 Å². The molecule has 0 spiro atoms. The molecule has 0 aliphatic rings. The molecule has 1 N–H and O–H groups in total. The third-order valence-electron chi connectivity index (χ3n) is 2.84. The molecule has 5 heteroatoms. The Morgan fingerprint density at radius 1 is 0.895 bits per heavy atom. The lowest BCUT2D eigenvalue weighted by molar-refractivity contribution is 0.692. The van der Waals surface area contributed by atoms with Crippen LogP contribution in [-0.2, 0) is 0 Å². The monoisotopic (exact) mass is 425 g/mol. The summed E-state index contributed by atoms with van der Waals surface area (Å²) in [4.78, 5) is 0. The lowest BCUT2D eigenvalue weighted by Gasteiger charge is -2.18.